The van der Waals surface area contributed by atoms with Crippen LogP contribution in [0.25, 0.3) is 88.8 Å². The Labute approximate surface area is 282 Å². The highest BCUT2D eigenvalue weighted by atomic mass is 15.2. The third kappa shape index (κ3) is 4.16. The molecule has 5 nitrogen and oxygen atoms in total. The van der Waals surface area contributed by atoms with E-state index in [-0.39, 0.29) is 0 Å². The van der Waals surface area contributed by atoms with E-state index >= 15 is 0 Å². The molecular weight excluding hydrogens is 599 g/mol. The topological polar surface area (TPSA) is 48.5 Å². The molecule has 0 radical (unpaired) electrons. The Hall–Kier alpha value is -6.59. The van der Waals surface area contributed by atoms with Gasteiger partial charge >= 0.3 is 0 Å². The lowest BCUT2D eigenvalue weighted by Crippen LogP contribution is -2.06. The van der Waals surface area contributed by atoms with Gasteiger partial charge in [-0.05, 0) is 42.1 Å². The lowest BCUT2D eigenvalue weighted by molar-refractivity contribution is 0.955. The van der Waals surface area contributed by atoms with Crippen molar-refractivity contribution in [1.82, 2.24) is 24.1 Å². The van der Waals surface area contributed by atoms with E-state index in [1.807, 2.05) is 36.4 Å². The van der Waals surface area contributed by atoms with Crippen LogP contribution in [0.3, 0.4) is 0 Å². The molecule has 0 bridgehead atoms. The Bertz CT molecular complexity index is 2830. The predicted molar refractivity (Wildman–Crippen MR) is 202 cm³/mol. The third-order valence-electron chi connectivity index (χ3n) is 9.59. The van der Waals surface area contributed by atoms with Gasteiger partial charge in [-0.1, -0.05) is 133 Å². The van der Waals surface area contributed by atoms with Crippen molar-refractivity contribution in [1.29, 1.82) is 0 Å². The Morgan fingerprint density at radius 2 is 0.939 bits per heavy atom. The first-order chi connectivity index (χ1) is 24.2. The summed E-state index contributed by atoms with van der Waals surface area (Å²) in [6.45, 7) is 2.15. The second kappa shape index (κ2) is 10.7. The van der Waals surface area contributed by atoms with Gasteiger partial charge in [0, 0.05) is 43.7 Å². The molecule has 0 saturated carbocycles. The molecule has 0 unspecified atom stereocenters. The van der Waals surface area contributed by atoms with Crippen molar-refractivity contribution in [3.63, 3.8) is 0 Å². The van der Waals surface area contributed by atoms with Gasteiger partial charge in [-0.2, -0.15) is 9.97 Å². The lowest BCUT2D eigenvalue weighted by atomic mass is 9.99. The van der Waals surface area contributed by atoms with E-state index in [9.17, 15) is 0 Å². The number of rotatable bonds is 4. The SMILES string of the molecule is Cc1cccc(-n2c3ccccc3c3c2c2ccccc2c2c4ccccc4n(-c4nc(-c5ccccc5)nc(-c5ccccc5)n4)c23)c1. The fraction of sp³-hybridized carbons (Fsp3) is 0.0227. The Morgan fingerprint density at radius 3 is 1.57 bits per heavy atom. The van der Waals surface area contributed by atoms with Crippen molar-refractivity contribution in [3.05, 3.63) is 163 Å². The van der Waals surface area contributed by atoms with Crippen LogP contribution < -0.4 is 0 Å². The molecule has 5 heteroatoms. The van der Waals surface area contributed by atoms with Gasteiger partial charge in [-0.25, -0.2) is 4.98 Å². The second-order valence-corrected chi connectivity index (χ2v) is 12.6. The van der Waals surface area contributed by atoms with Crippen molar-refractivity contribution in [2.45, 2.75) is 6.92 Å². The minimum Gasteiger partial charge on any atom is -0.309 e. The van der Waals surface area contributed by atoms with Crippen LogP contribution in [0.5, 0.6) is 0 Å². The normalized spacial score (nSPS) is 11.8. The van der Waals surface area contributed by atoms with Gasteiger partial charge in [0.15, 0.2) is 11.6 Å². The zero-order valence-corrected chi connectivity index (χ0v) is 26.7. The van der Waals surface area contributed by atoms with Gasteiger partial charge in [-0.15, -0.1) is 0 Å². The van der Waals surface area contributed by atoms with Crippen LogP contribution in [0, 0.1) is 6.92 Å². The quantitative estimate of drug-likeness (QED) is 0.195. The third-order valence-corrected chi connectivity index (χ3v) is 9.59. The first kappa shape index (κ1) is 27.5. The van der Waals surface area contributed by atoms with Crippen molar-refractivity contribution in [2.24, 2.45) is 0 Å². The fourth-order valence-electron chi connectivity index (χ4n) is 7.53. The van der Waals surface area contributed by atoms with Crippen LogP contribution in [0.15, 0.2) is 158 Å². The highest BCUT2D eigenvalue weighted by Gasteiger charge is 2.25. The summed E-state index contributed by atoms with van der Waals surface area (Å²) in [5, 5.41) is 7.09. The second-order valence-electron chi connectivity index (χ2n) is 12.6. The van der Waals surface area contributed by atoms with Gasteiger partial charge in [0.05, 0.1) is 22.1 Å². The summed E-state index contributed by atoms with van der Waals surface area (Å²) >= 11 is 0. The molecule has 49 heavy (non-hydrogen) atoms. The van der Waals surface area contributed by atoms with Gasteiger partial charge in [0.25, 0.3) is 0 Å². The number of hydrogen-bond acceptors (Lipinski definition) is 3. The average Bonchev–Trinajstić information content (AvgIpc) is 3.69. The summed E-state index contributed by atoms with van der Waals surface area (Å²) in [6, 6.07) is 55.3. The van der Waals surface area contributed by atoms with Crippen molar-refractivity contribution < 1.29 is 0 Å². The molecule has 0 N–H and O–H groups in total. The van der Waals surface area contributed by atoms with Gasteiger partial charge in [-0.3, -0.25) is 4.57 Å². The molecule has 230 valence electrons. The van der Waals surface area contributed by atoms with Gasteiger partial charge in [0.2, 0.25) is 5.95 Å². The van der Waals surface area contributed by atoms with Crippen molar-refractivity contribution in [3.8, 4) is 34.4 Å². The van der Waals surface area contributed by atoms with E-state index in [4.69, 9.17) is 15.0 Å². The van der Waals surface area contributed by atoms with Crippen LogP contribution in [0.4, 0.5) is 0 Å². The van der Waals surface area contributed by atoms with E-state index in [1.54, 1.807) is 0 Å². The number of aromatic nitrogens is 5. The van der Waals surface area contributed by atoms with E-state index in [2.05, 4.69) is 137 Å². The maximum absolute atomic E-state index is 5.25. The predicted octanol–water partition coefficient (Wildman–Crippen LogP) is 10.9. The van der Waals surface area contributed by atoms with E-state index in [0.717, 1.165) is 38.8 Å². The van der Waals surface area contributed by atoms with Crippen molar-refractivity contribution >= 4 is 54.4 Å². The summed E-state index contributed by atoms with van der Waals surface area (Å²) in [6.07, 6.45) is 0. The molecule has 10 rings (SSSR count). The van der Waals surface area contributed by atoms with E-state index < -0.39 is 0 Å². The highest BCUT2D eigenvalue weighted by Crippen LogP contribution is 2.46. The maximum atomic E-state index is 5.25. The zero-order valence-electron chi connectivity index (χ0n) is 26.7. The molecule has 0 aliphatic carbocycles. The minimum absolute atomic E-state index is 0.586. The largest absolute Gasteiger partial charge is 0.309 e. The maximum Gasteiger partial charge on any atom is 0.238 e. The molecule has 7 aromatic carbocycles. The first-order valence-corrected chi connectivity index (χ1v) is 16.6. The fourth-order valence-corrected chi connectivity index (χ4v) is 7.53. The monoisotopic (exact) mass is 627 g/mol. The Balaban J connectivity index is 1.45. The number of para-hydroxylation sites is 2. The van der Waals surface area contributed by atoms with E-state index in [1.165, 1.54) is 38.0 Å². The summed E-state index contributed by atoms with van der Waals surface area (Å²) in [4.78, 5) is 15.5. The van der Waals surface area contributed by atoms with Crippen LogP contribution in [-0.2, 0) is 0 Å². The van der Waals surface area contributed by atoms with Crippen LogP contribution >= 0.6 is 0 Å². The van der Waals surface area contributed by atoms with Crippen molar-refractivity contribution in [2.75, 3.05) is 0 Å². The van der Waals surface area contributed by atoms with Gasteiger partial charge in [0.1, 0.15) is 0 Å². The summed E-state index contributed by atoms with van der Waals surface area (Å²) in [5.74, 6) is 1.85. The number of hydrogen-bond donors (Lipinski definition) is 0. The first-order valence-electron chi connectivity index (χ1n) is 16.6. The lowest BCUT2D eigenvalue weighted by Gasteiger charge is -2.13. The summed E-state index contributed by atoms with van der Waals surface area (Å²) < 4.78 is 4.70. The molecule has 10 aromatic rings. The number of fused-ring (bicyclic) bond motifs is 10. The molecule has 0 aliphatic rings. The number of nitrogens with zero attached hydrogens (tertiary/aromatic N) is 5. The molecule has 0 fully saturated rings. The standard InChI is InChI=1S/C44H29N5/c1-28-15-14-20-31(27-28)48-36-25-12-11-24-35(36)39-40(48)33-22-9-8-21-32(33)38-34-23-10-13-26-37(34)49(41(38)39)44-46-42(29-16-4-2-5-17-29)45-43(47-44)30-18-6-3-7-19-30/h2-27H,1H3. The van der Waals surface area contributed by atoms with Crippen LogP contribution in [0.1, 0.15) is 5.56 Å². The van der Waals surface area contributed by atoms with Crippen LogP contribution in [-0.4, -0.2) is 24.1 Å². The highest BCUT2D eigenvalue weighted by molar-refractivity contribution is 6.36. The summed E-state index contributed by atoms with van der Waals surface area (Å²) in [7, 11) is 0. The Morgan fingerprint density at radius 1 is 0.408 bits per heavy atom. The molecular formula is C44H29N5. The summed E-state index contributed by atoms with van der Waals surface area (Å²) in [5.41, 5.74) is 8.69. The molecule has 0 aliphatic heterocycles. The molecule has 0 saturated heterocycles. The number of aryl methyl sites for hydroxylation is 1. The molecule has 3 heterocycles. The number of benzene rings is 7. The van der Waals surface area contributed by atoms with E-state index in [0.29, 0.717) is 17.6 Å². The molecule has 0 spiro atoms. The molecule has 0 amide bonds. The average molecular weight is 628 g/mol. The van der Waals surface area contributed by atoms with Crippen LogP contribution in [0.2, 0.25) is 0 Å². The molecule has 3 aromatic heterocycles. The van der Waals surface area contributed by atoms with Gasteiger partial charge < -0.3 is 4.57 Å². The minimum atomic E-state index is 0.586. The zero-order chi connectivity index (χ0) is 32.5. The molecule has 0 atom stereocenters. The smallest absolute Gasteiger partial charge is 0.238 e. The Kier molecular flexibility index (Phi) is 6.02.